The summed E-state index contributed by atoms with van der Waals surface area (Å²) in [5.74, 6) is -0.0949. The number of alkyl halides is 3. The molecule has 1 aromatic rings. The Kier molecular flexibility index (Phi) is 6.79. The second-order valence-electron chi connectivity index (χ2n) is 5.02. The van der Waals surface area contributed by atoms with Crippen molar-refractivity contribution in [1.29, 1.82) is 0 Å². The van der Waals surface area contributed by atoms with Crippen LogP contribution in [-0.4, -0.2) is 35.7 Å². The van der Waals surface area contributed by atoms with Gasteiger partial charge in [0.2, 0.25) is 20.0 Å². The van der Waals surface area contributed by atoms with Crippen LogP contribution in [0, 0.1) is 6.92 Å². The van der Waals surface area contributed by atoms with E-state index >= 15 is 0 Å². The summed E-state index contributed by atoms with van der Waals surface area (Å²) in [6.45, 7) is 2.62. The number of halogens is 3. The van der Waals surface area contributed by atoms with Crippen molar-refractivity contribution in [3.05, 3.63) is 29.3 Å². The number of hydrogen-bond acceptors (Lipinski definition) is 4. The molecule has 6 nitrogen and oxygen atoms in total. The van der Waals surface area contributed by atoms with Crippen LogP contribution in [0.2, 0.25) is 0 Å². The number of nitrogens with one attached hydrogen (secondary N) is 2. The molecule has 0 spiro atoms. The molecule has 0 aliphatic heterocycles. The molecule has 0 aromatic heterocycles. The zero-order valence-corrected chi connectivity index (χ0v) is 14.8. The first-order valence-corrected chi connectivity index (χ1v) is 10.2. The van der Waals surface area contributed by atoms with Crippen LogP contribution in [0.3, 0.4) is 0 Å². The molecule has 0 atom stereocenters. The predicted molar refractivity (Wildman–Crippen MR) is 83.5 cm³/mol. The van der Waals surface area contributed by atoms with Crippen molar-refractivity contribution in [3.63, 3.8) is 0 Å². The highest BCUT2D eigenvalue weighted by Gasteiger charge is 2.33. The van der Waals surface area contributed by atoms with Crippen LogP contribution in [0.25, 0.3) is 0 Å². The van der Waals surface area contributed by atoms with E-state index in [-0.39, 0.29) is 30.8 Å². The van der Waals surface area contributed by atoms with Crippen molar-refractivity contribution in [2.24, 2.45) is 0 Å². The van der Waals surface area contributed by atoms with Crippen molar-refractivity contribution in [2.75, 3.05) is 18.8 Å². The maximum atomic E-state index is 12.8. The maximum absolute atomic E-state index is 12.8. The summed E-state index contributed by atoms with van der Waals surface area (Å²) >= 11 is 0. The molecule has 0 amide bonds. The maximum Gasteiger partial charge on any atom is 0.416 e. The van der Waals surface area contributed by atoms with Crippen LogP contribution in [0.1, 0.15) is 24.5 Å². The Balaban J connectivity index is 2.73. The highest BCUT2D eigenvalue weighted by atomic mass is 32.2. The molecule has 0 saturated carbocycles. The van der Waals surface area contributed by atoms with Gasteiger partial charge in [0.05, 0.1) is 16.2 Å². The fraction of sp³-hybridized carbons (Fsp3) is 0.538. The van der Waals surface area contributed by atoms with Crippen molar-refractivity contribution >= 4 is 20.0 Å². The molecule has 0 fully saturated rings. The van der Waals surface area contributed by atoms with Gasteiger partial charge in [-0.2, -0.15) is 13.2 Å². The summed E-state index contributed by atoms with van der Waals surface area (Å²) in [7, 11) is -7.48. The van der Waals surface area contributed by atoms with Gasteiger partial charge in [-0.1, -0.05) is 6.07 Å². The zero-order chi connectivity index (χ0) is 18.6. The molecular weight excluding hydrogens is 369 g/mol. The average Bonchev–Trinajstić information content (AvgIpc) is 2.45. The van der Waals surface area contributed by atoms with E-state index in [9.17, 15) is 30.0 Å². The van der Waals surface area contributed by atoms with Gasteiger partial charge in [-0.05, 0) is 38.0 Å². The Bertz CT molecular complexity index is 775. The largest absolute Gasteiger partial charge is 0.416 e. The first kappa shape index (κ1) is 20.9. The molecule has 2 N–H and O–H groups in total. The molecule has 0 aliphatic rings. The van der Waals surface area contributed by atoms with Gasteiger partial charge >= 0.3 is 6.18 Å². The highest BCUT2D eigenvalue weighted by molar-refractivity contribution is 7.89. The minimum absolute atomic E-state index is 0.0282. The number of sulfonamides is 2. The molecule has 138 valence electrons. The lowest BCUT2D eigenvalue weighted by Gasteiger charge is -2.13. The number of hydrogen-bond donors (Lipinski definition) is 2. The lowest BCUT2D eigenvalue weighted by molar-refractivity contribution is -0.138. The third-order valence-electron chi connectivity index (χ3n) is 3.17. The lowest BCUT2D eigenvalue weighted by Crippen LogP contribution is -2.30. The Labute approximate surface area is 139 Å². The van der Waals surface area contributed by atoms with E-state index in [1.165, 1.54) is 13.8 Å². The summed E-state index contributed by atoms with van der Waals surface area (Å²) in [6, 6.07) is 2.76. The average molecular weight is 388 g/mol. The van der Waals surface area contributed by atoms with Gasteiger partial charge in [0, 0.05) is 13.1 Å². The third kappa shape index (κ3) is 6.04. The van der Waals surface area contributed by atoms with Gasteiger partial charge in [-0.3, -0.25) is 0 Å². The minimum Gasteiger partial charge on any atom is -0.215 e. The molecule has 0 aliphatic carbocycles. The van der Waals surface area contributed by atoms with Crippen LogP contribution in [0.5, 0.6) is 0 Å². The third-order valence-corrected chi connectivity index (χ3v) is 6.04. The molecular formula is C13H19F3N2O4S2. The van der Waals surface area contributed by atoms with Crippen molar-refractivity contribution in [2.45, 2.75) is 31.3 Å². The molecule has 24 heavy (non-hydrogen) atoms. The molecule has 0 bridgehead atoms. The molecule has 0 unspecified atom stereocenters. The molecule has 1 aromatic carbocycles. The molecule has 1 rings (SSSR count). The summed E-state index contributed by atoms with van der Waals surface area (Å²) in [5, 5.41) is 0. The van der Waals surface area contributed by atoms with Crippen LogP contribution < -0.4 is 9.44 Å². The number of benzene rings is 1. The van der Waals surface area contributed by atoms with Crippen molar-refractivity contribution in [1.82, 2.24) is 9.44 Å². The van der Waals surface area contributed by atoms with Crippen LogP contribution in [0.4, 0.5) is 13.2 Å². The minimum atomic E-state index is -4.64. The Morgan fingerprint density at radius 1 is 1.04 bits per heavy atom. The molecule has 11 heteroatoms. The Hall–Kier alpha value is -1.17. The predicted octanol–water partition coefficient (Wildman–Crippen LogP) is 1.62. The van der Waals surface area contributed by atoms with Gasteiger partial charge in [-0.15, -0.1) is 0 Å². The Morgan fingerprint density at radius 2 is 1.62 bits per heavy atom. The van der Waals surface area contributed by atoms with E-state index < -0.39 is 36.7 Å². The Morgan fingerprint density at radius 3 is 2.17 bits per heavy atom. The van der Waals surface area contributed by atoms with E-state index in [1.54, 1.807) is 0 Å². The van der Waals surface area contributed by atoms with E-state index in [0.717, 1.165) is 12.1 Å². The van der Waals surface area contributed by atoms with Crippen molar-refractivity contribution in [3.8, 4) is 0 Å². The van der Waals surface area contributed by atoms with E-state index in [4.69, 9.17) is 0 Å². The summed E-state index contributed by atoms with van der Waals surface area (Å²) in [6.07, 6.45) is -4.48. The number of aryl methyl sites for hydroxylation is 1. The van der Waals surface area contributed by atoms with E-state index in [0.29, 0.717) is 6.07 Å². The standard InChI is InChI=1S/C13H19F3N2O4S2/c1-3-23(19,20)17-7-4-8-18-24(21,22)11-6-5-10(2)12(9-11)13(14,15)16/h5-6,9,17-18H,3-4,7-8H2,1-2H3. The van der Waals surface area contributed by atoms with E-state index in [2.05, 4.69) is 9.44 Å². The first-order valence-electron chi connectivity index (χ1n) is 7.04. The highest BCUT2D eigenvalue weighted by Crippen LogP contribution is 2.33. The molecule has 0 saturated heterocycles. The second-order valence-corrected chi connectivity index (χ2v) is 8.89. The number of rotatable bonds is 8. The van der Waals surface area contributed by atoms with Gasteiger partial charge in [0.1, 0.15) is 0 Å². The zero-order valence-electron chi connectivity index (χ0n) is 13.1. The normalized spacial score (nSPS) is 13.2. The molecule has 0 heterocycles. The first-order chi connectivity index (χ1) is 10.9. The SMILES string of the molecule is CCS(=O)(=O)NCCCNS(=O)(=O)c1ccc(C)c(C(F)(F)F)c1. The quantitative estimate of drug-likeness (QED) is 0.662. The molecule has 0 radical (unpaired) electrons. The van der Waals surface area contributed by atoms with Gasteiger partial charge in [0.25, 0.3) is 0 Å². The smallest absolute Gasteiger partial charge is 0.215 e. The van der Waals surface area contributed by atoms with Crippen LogP contribution in [-0.2, 0) is 26.2 Å². The van der Waals surface area contributed by atoms with Gasteiger partial charge < -0.3 is 0 Å². The summed E-state index contributed by atoms with van der Waals surface area (Å²) < 4.78 is 89.3. The fourth-order valence-electron chi connectivity index (χ4n) is 1.78. The topological polar surface area (TPSA) is 92.3 Å². The lowest BCUT2D eigenvalue weighted by atomic mass is 10.1. The second kappa shape index (κ2) is 7.81. The monoisotopic (exact) mass is 388 g/mol. The fourth-order valence-corrected chi connectivity index (χ4v) is 3.54. The van der Waals surface area contributed by atoms with Crippen molar-refractivity contribution < 1.29 is 30.0 Å². The van der Waals surface area contributed by atoms with E-state index in [1.807, 2.05) is 0 Å². The van der Waals surface area contributed by atoms with Gasteiger partial charge in [0.15, 0.2) is 0 Å². The summed E-state index contributed by atoms with van der Waals surface area (Å²) in [4.78, 5) is -0.491. The summed E-state index contributed by atoms with van der Waals surface area (Å²) in [5.41, 5.74) is -1.09. The van der Waals surface area contributed by atoms with Gasteiger partial charge in [-0.25, -0.2) is 26.3 Å². The van der Waals surface area contributed by atoms with Crippen LogP contribution >= 0.6 is 0 Å². The van der Waals surface area contributed by atoms with Crippen LogP contribution in [0.15, 0.2) is 23.1 Å².